The molecule has 1 fully saturated rings. The summed E-state index contributed by atoms with van der Waals surface area (Å²) in [6, 6.07) is 2.46. The van der Waals surface area contributed by atoms with E-state index in [0.717, 1.165) is 18.2 Å². The molecule has 1 aliphatic heterocycles. The maximum absolute atomic E-state index is 13.0. The second-order valence-electron chi connectivity index (χ2n) is 6.78. The SMILES string of the molecule is CCCc1ccc(F)c(F)c1F.O=C(F)C1CCC(c2cc(F)c(F)c(F)c2)OC1. The monoisotopic (exact) mass is 436 g/mol. The van der Waals surface area contributed by atoms with Crippen LogP contribution in [0.4, 0.5) is 30.7 Å². The Hall–Kier alpha value is -2.42. The Labute approximate surface area is 168 Å². The van der Waals surface area contributed by atoms with Gasteiger partial charge in [-0.2, -0.15) is 4.39 Å². The van der Waals surface area contributed by atoms with Crippen LogP contribution in [0.3, 0.4) is 0 Å². The van der Waals surface area contributed by atoms with Gasteiger partial charge in [-0.25, -0.2) is 26.3 Å². The van der Waals surface area contributed by atoms with Crippen LogP contribution >= 0.6 is 0 Å². The maximum atomic E-state index is 13.0. The Morgan fingerprint density at radius 3 is 2.07 bits per heavy atom. The van der Waals surface area contributed by atoms with Gasteiger partial charge in [0.05, 0.1) is 18.6 Å². The first-order valence-electron chi connectivity index (χ1n) is 9.23. The van der Waals surface area contributed by atoms with Crippen molar-refractivity contribution >= 4 is 6.04 Å². The summed E-state index contributed by atoms with van der Waals surface area (Å²) in [7, 11) is 0. The highest BCUT2D eigenvalue weighted by atomic mass is 19.2. The summed E-state index contributed by atoms with van der Waals surface area (Å²) >= 11 is 0. The van der Waals surface area contributed by atoms with Crippen LogP contribution in [0, 0.1) is 40.8 Å². The molecule has 0 amide bonds. The molecule has 2 atom stereocenters. The average molecular weight is 436 g/mol. The smallest absolute Gasteiger partial charge is 0.306 e. The normalized spacial score (nSPS) is 18.5. The molecule has 0 aromatic heterocycles. The van der Waals surface area contributed by atoms with Crippen molar-refractivity contribution in [1.29, 1.82) is 0 Å². The number of carbonyl (C=O) groups is 1. The first kappa shape index (κ1) is 23.9. The van der Waals surface area contributed by atoms with Gasteiger partial charge >= 0.3 is 6.04 Å². The van der Waals surface area contributed by atoms with Gasteiger partial charge in [-0.15, -0.1) is 0 Å². The van der Waals surface area contributed by atoms with Crippen LogP contribution in [0.1, 0.15) is 43.4 Å². The van der Waals surface area contributed by atoms with E-state index in [1.807, 2.05) is 6.92 Å². The van der Waals surface area contributed by atoms with E-state index in [1.54, 1.807) is 0 Å². The van der Waals surface area contributed by atoms with Crippen LogP contribution in [-0.2, 0) is 16.0 Å². The molecule has 164 valence electrons. The molecule has 0 spiro atoms. The molecule has 2 unspecified atom stereocenters. The Morgan fingerprint density at radius 2 is 1.57 bits per heavy atom. The molecule has 0 saturated carbocycles. The van der Waals surface area contributed by atoms with E-state index in [9.17, 15) is 35.5 Å². The fourth-order valence-electron chi connectivity index (χ4n) is 2.98. The summed E-state index contributed by atoms with van der Waals surface area (Å²) in [5.74, 6) is -8.51. The molecule has 0 bridgehead atoms. The van der Waals surface area contributed by atoms with Crippen molar-refractivity contribution in [2.45, 2.75) is 38.7 Å². The largest absolute Gasteiger partial charge is 0.373 e. The molecule has 1 saturated heterocycles. The zero-order valence-corrected chi connectivity index (χ0v) is 16.0. The topological polar surface area (TPSA) is 26.3 Å². The quantitative estimate of drug-likeness (QED) is 0.328. The Balaban J connectivity index is 0.000000232. The van der Waals surface area contributed by atoms with E-state index in [-0.39, 0.29) is 30.6 Å². The number of benzene rings is 2. The first-order chi connectivity index (χ1) is 14.1. The lowest BCUT2D eigenvalue weighted by atomic mass is 9.95. The lowest BCUT2D eigenvalue weighted by Crippen LogP contribution is -2.25. The first-order valence-corrected chi connectivity index (χ1v) is 9.23. The lowest BCUT2D eigenvalue weighted by Gasteiger charge is -2.26. The highest BCUT2D eigenvalue weighted by Gasteiger charge is 2.28. The highest BCUT2D eigenvalue weighted by Crippen LogP contribution is 2.32. The summed E-state index contributed by atoms with van der Waals surface area (Å²) in [4.78, 5) is 10.5. The number of halogens is 7. The van der Waals surface area contributed by atoms with Gasteiger partial charge in [0.25, 0.3) is 0 Å². The van der Waals surface area contributed by atoms with Gasteiger partial charge in [0, 0.05) is 0 Å². The Morgan fingerprint density at radius 1 is 0.933 bits per heavy atom. The van der Waals surface area contributed by atoms with Crippen LogP contribution in [0.5, 0.6) is 0 Å². The van der Waals surface area contributed by atoms with Crippen LogP contribution in [0.15, 0.2) is 24.3 Å². The third kappa shape index (κ3) is 5.81. The van der Waals surface area contributed by atoms with Gasteiger partial charge in [-0.05, 0) is 48.6 Å². The maximum Gasteiger partial charge on any atom is 0.306 e. The van der Waals surface area contributed by atoms with Gasteiger partial charge in [0.2, 0.25) is 0 Å². The van der Waals surface area contributed by atoms with Crippen LogP contribution in [-0.4, -0.2) is 12.6 Å². The molecular weight excluding hydrogens is 417 g/mol. The molecule has 30 heavy (non-hydrogen) atoms. The fourth-order valence-corrected chi connectivity index (χ4v) is 2.98. The predicted molar refractivity (Wildman–Crippen MR) is 94.2 cm³/mol. The number of aryl methyl sites for hydroxylation is 1. The molecular formula is C21H19F7O2. The third-order valence-electron chi connectivity index (χ3n) is 4.61. The van der Waals surface area contributed by atoms with E-state index in [0.29, 0.717) is 12.8 Å². The van der Waals surface area contributed by atoms with Crippen molar-refractivity contribution < 1.29 is 40.3 Å². The van der Waals surface area contributed by atoms with Gasteiger partial charge in [-0.1, -0.05) is 19.4 Å². The summed E-state index contributed by atoms with van der Waals surface area (Å²) in [5.41, 5.74) is 0.382. The molecule has 1 heterocycles. The minimum atomic E-state index is -1.54. The van der Waals surface area contributed by atoms with Gasteiger partial charge in [0.15, 0.2) is 34.9 Å². The molecule has 2 aromatic carbocycles. The van der Waals surface area contributed by atoms with Gasteiger partial charge in [-0.3, -0.25) is 4.79 Å². The van der Waals surface area contributed by atoms with E-state index in [2.05, 4.69) is 0 Å². The number of hydrogen-bond acceptors (Lipinski definition) is 2. The van der Waals surface area contributed by atoms with Crippen LogP contribution in [0.2, 0.25) is 0 Å². The molecule has 0 aliphatic carbocycles. The summed E-state index contributed by atoms with van der Waals surface area (Å²) in [5, 5.41) is 0. The molecule has 0 N–H and O–H groups in total. The summed E-state index contributed by atoms with van der Waals surface area (Å²) in [6.07, 6.45) is 0.987. The highest BCUT2D eigenvalue weighted by molar-refractivity contribution is 5.71. The minimum absolute atomic E-state index is 0.138. The Bertz CT molecular complexity index is 870. The number of hydrogen-bond donors (Lipinski definition) is 0. The van der Waals surface area contributed by atoms with Crippen LogP contribution in [0.25, 0.3) is 0 Å². The molecule has 0 radical (unpaired) electrons. The standard InChI is InChI=1S/C12H10F4O2.C9H9F3/c13-8-3-7(4-9(14)11(8)15)10-2-1-6(5-18-10)12(16)17;1-2-3-6-4-5-7(10)9(12)8(6)11/h3-4,6,10H,1-2,5H2;4-5H,2-3H2,1H3. The fraction of sp³-hybridized carbons (Fsp3) is 0.381. The zero-order valence-electron chi connectivity index (χ0n) is 16.0. The molecule has 1 aliphatic rings. The zero-order chi connectivity index (χ0) is 22.4. The third-order valence-corrected chi connectivity index (χ3v) is 4.61. The summed E-state index contributed by atoms with van der Waals surface area (Å²) in [6.45, 7) is 1.71. The van der Waals surface area contributed by atoms with Crippen molar-refractivity contribution in [2.75, 3.05) is 6.61 Å². The van der Waals surface area contributed by atoms with E-state index in [1.165, 1.54) is 6.07 Å². The number of carbonyl (C=O) groups excluding carboxylic acids is 1. The average Bonchev–Trinajstić information content (AvgIpc) is 2.72. The number of ether oxygens (including phenoxy) is 1. The van der Waals surface area contributed by atoms with Crippen molar-refractivity contribution in [3.8, 4) is 0 Å². The number of rotatable bonds is 4. The van der Waals surface area contributed by atoms with Gasteiger partial charge < -0.3 is 4.74 Å². The van der Waals surface area contributed by atoms with Crippen molar-refractivity contribution in [2.24, 2.45) is 5.92 Å². The van der Waals surface area contributed by atoms with Crippen LogP contribution < -0.4 is 0 Å². The van der Waals surface area contributed by atoms with Gasteiger partial charge in [0.1, 0.15) is 0 Å². The minimum Gasteiger partial charge on any atom is -0.373 e. The van der Waals surface area contributed by atoms with E-state index in [4.69, 9.17) is 4.74 Å². The lowest BCUT2D eigenvalue weighted by molar-refractivity contribution is -0.140. The van der Waals surface area contributed by atoms with E-state index < -0.39 is 53.0 Å². The molecule has 9 heteroatoms. The van der Waals surface area contributed by atoms with Crippen molar-refractivity contribution in [3.05, 3.63) is 70.3 Å². The van der Waals surface area contributed by atoms with E-state index >= 15 is 0 Å². The second-order valence-corrected chi connectivity index (χ2v) is 6.78. The van der Waals surface area contributed by atoms with Crippen molar-refractivity contribution in [1.82, 2.24) is 0 Å². The second kappa shape index (κ2) is 10.6. The summed E-state index contributed by atoms with van der Waals surface area (Å²) < 4.78 is 94.2. The molecule has 2 aromatic rings. The Kier molecular flexibility index (Phi) is 8.40. The predicted octanol–water partition coefficient (Wildman–Crippen LogP) is 6.12. The molecule has 3 rings (SSSR count). The van der Waals surface area contributed by atoms with Crippen molar-refractivity contribution in [3.63, 3.8) is 0 Å². The molecule has 2 nitrogen and oxygen atoms in total.